The molecular formula is C24H19N7. The Balaban J connectivity index is 1.47. The zero-order valence-corrected chi connectivity index (χ0v) is 16.9. The second kappa shape index (κ2) is 6.91. The van der Waals surface area contributed by atoms with Crippen LogP contribution in [0.3, 0.4) is 0 Å². The smallest absolute Gasteiger partial charge is 0.116 e. The molecule has 31 heavy (non-hydrogen) atoms. The summed E-state index contributed by atoms with van der Waals surface area (Å²) in [6, 6.07) is 22.8. The first-order valence-electron chi connectivity index (χ1n) is 10.1. The highest BCUT2D eigenvalue weighted by molar-refractivity contribution is 5.86. The van der Waals surface area contributed by atoms with Crippen LogP contribution in [0, 0.1) is 6.92 Å². The number of aromatic nitrogens is 7. The van der Waals surface area contributed by atoms with Crippen LogP contribution in [0.5, 0.6) is 0 Å². The molecule has 0 aliphatic rings. The molecule has 7 nitrogen and oxygen atoms in total. The maximum Gasteiger partial charge on any atom is 0.116 e. The topological polar surface area (TPSA) is 77.2 Å². The number of hydrogen-bond acceptors (Lipinski definition) is 4. The molecule has 0 radical (unpaired) electrons. The van der Waals surface area contributed by atoms with Crippen molar-refractivity contribution in [3.05, 3.63) is 90.3 Å². The van der Waals surface area contributed by atoms with E-state index in [4.69, 9.17) is 0 Å². The molecular weight excluding hydrogens is 386 g/mol. The van der Waals surface area contributed by atoms with E-state index in [0.29, 0.717) is 6.54 Å². The Kier molecular flexibility index (Phi) is 3.92. The van der Waals surface area contributed by atoms with Crippen LogP contribution in [-0.4, -0.2) is 35.0 Å². The summed E-state index contributed by atoms with van der Waals surface area (Å²) >= 11 is 0. The molecule has 0 saturated carbocycles. The Bertz CT molecular complexity index is 1520. The van der Waals surface area contributed by atoms with Gasteiger partial charge in [-0.25, -0.2) is 4.68 Å². The molecule has 0 amide bonds. The normalized spacial score (nSPS) is 11.5. The first-order chi connectivity index (χ1) is 15.3. The van der Waals surface area contributed by atoms with E-state index in [2.05, 4.69) is 68.9 Å². The van der Waals surface area contributed by atoms with Gasteiger partial charge in [-0.1, -0.05) is 35.5 Å². The maximum atomic E-state index is 4.56. The van der Waals surface area contributed by atoms with E-state index in [0.717, 1.165) is 44.4 Å². The van der Waals surface area contributed by atoms with Crippen molar-refractivity contribution in [1.82, 2.24) is 35.0 Å². The van der Waals surface area contributed by atoms with Crippen LogP contribution in [0.25, 0.3) is 38.9 Å². The van der Waals surface area contributed by atoms with Crippen molar-refractivity contribution in [3.8, 4) is 16.9 Å². The first-order valence-corrected chi connectivity index (χ1v) is 10.1. The Labute approximate surface area is 177 Å². The molecule has 0 unspecified atom stereocenters. The lowest BCUT2D eigenvalue weighted by molar-refractivity contribution is 0.694. The largest absolute Gasteiger partial charge is 0.278 e. The van der Waals surface area contributed by atoms with Crippen molar-refractivity contribution in [2.45, 2.75) is 13.5 Å². The van der Waals surface area contributed by atoms with Crippen molar-refractivity contribution >= 4 is 21.9 Å². The van der Waals surface area contributed by atoms with E-state index in [9.17, 15) is 0 Å². The van der Waals surface area contributed by atoms with Crippen molar-refractivity contribution < 1.29 is 0 Å². The molecule has 0 aliphatic carbocycles. The second-order valence-electron chi connectivity index (χ2n) is 7.66. The number of rotatable bonds is 4. The number of hydrogen-bond donors (Lipinski definition) is 1. The van der Waals surface area contributed by atoms with E-state index in [1.165, 1.54) is 5.56 Å². The number of aromatic amines is 1. The lowest BCUT2D eigenvalue weighted by Gasteiger charge is -2.10. The van der Waals surface area contributed by atoms with Crippen LogP contribution in [0.1, 0.15) is 11.1 Å². The predicted molar refractivity (Wildman–Crippen MR) is 120 cm³/mol. The van der Waals surface area contributed by atoms with Gasteiger partial charge < -0.3 is 0 Å². The third-order valence-electron chi connectivity index (χ3n) is 5.60. The second-order valence-corrected chi connectivity index (χ2v) is 7.66. The van der Waals surface area contributed by atoms with Gasteiger partial charge in [-0.15, -0.1) is 5.10 Å². The van der Waals surface area contributed by atoms with E-state index in [-0.39, 0.29) is 0 Å². The Morgan fingerprint density at radius 1 is 0.968 bits per heavy atom. The average Bonchev–Trinajstić information content (AvgIpc) is 3.53. The van der Waals surface area contributed by atoms with Gasteiger partial charge in [-0.2, -0.15) is 10.2 Å². The van der Waals surface area contributed by atoms with E-state index in [1.54, 1.807) is 0 Å². The van der Waals surface area contributed by atoms with Crippen molar-refractivity contribution in [3.63, 3.8) is 0 Å². The SMILES string of the molecule is Cc1cc(-c2ccnn2Cc2ccccc2)cc2c1nnn2-c1ccc2cn[nH]c2c1. The highest BCUT2D eigenvalue weighted by atomic mass is 15.4. The molecule has 0 aliphatic heterocycles. The molecule has 0 saturated heterocycles. The van der Waals surface area contributed by atoms with Crippen LogP contribution in [-0.2, 0) is 6.54 Å². The van der Waals surface area contributed by atoms with Gasteiger partial charge in [-0.05, 0) is 54.4 Å². The summed E-state index contributed by atoms with van der Waals surface area (Å²) in [6.07, 6.45) is 3.66. The molecule has 0 bridgehead atoms. The summed E-state index contributed by atoms with van der Waals surface area (Å²) in [5.74, 6) is 0. The predicted octanol–water partition coefficient (Wildman–Crippen LogP) is 4.52. The fourth-order valence-corrected chi connectivity index (χ4v) is 4.05. The molecule has 0 spiro atoms. The summed E-state index contributed by atoms with van der Waals surface area (Å²) < 4.78 is 3.91. The molecule has 6 rings (SSSR count). The van der Waals surface area contributed by atoms with Gasteiger partial charge >= 0.3 is 0 Å². The lowest BCUT2D eigenvalue weighted by Crippen LogP contribution is -2.04. The fourth-order valence-electron chi connectivity index (χ4n) is 4.05. The molecule has 7 heteroatoms. The maximum absolute atomic E-state index is 4.56. The number of fused-ring (bicyclic) bond motifs is 2. The minimum Gasteiger partial charge on any atom is -0.278 e. The number of nitrogens with one attached hydrogen (secondary N) is 1. The van der Waals surface area contributed by atoms with Gasteiger partial charge in [0.2, 0.25) is 0 Å². The third-order valence-corrected chi connectivity index (χ3v) is 5.60. The summed E-state index contributed by atoms with van der Waals surface area (Å²) in [5.41, 5.74) is 8.20. The summed E-state index contributed by atoms with van der Waals surface area (Å²) in [4.78, 5) is 0. The van der Waals surface area contributed by atoms with Crippen LogP contribution < -0.4 is 0 Å². The van der Waals surface area contributed by atoms with Crippen molar-refractivity contribution in [2.75, 3.05) is 0 Å². The third kappa shape index (κ3) is 2.98. The van der Waals surface area contributed by atoms with Crippen LogP contribution >= 0.6 is 0 Å². The van der Waals surface area contributed by atoms with Crippen molar-refractivity contribution in [1.29, 1.82) is 0 Å². The summed E-state index contributed by atoms with van der Waals surface area (Å²) in [6.45, 7) is 2.79. The quantitative estimate of drug-likeness (QED) is 0.468. The van der Waals surface area contributed by atoms with Crippen LogP contribution in [0.15, 0.2) is 79.1 Å². The zero-order valence-electron chi connectivity index (χ0n) is 16.9. The Morgan fingerprint density at radius 3 is 2.77 bits per heavy atom. The van der Waals surface area contributed by atoms with Gasteiger partial charge in [-0.3, -0.25) is 9.78 Å². The first kappa shape index (κ1) is 17.6. The average molecular weight is 405 g/mol. The highest BCUT2D eigenvalue weighted by Crippen LogP contribution is 2.28. The summed E-state index contributed by atoms with van der Waals surface area (Å²) in [7, 11) is 0. The highest BCUT2D eigenvalue weighted by Gasteiger charge is 2.14. The fraction of sp³-hybridized carbons (Fsp3) is 0.0833. The van der Waals surface area contributed by atoms with Gasteiger partial charge in [0.05, 0.1) is 35.2 Å². The Morgan fingerprint density at radius 2 is 1.87 bits per heavy atom. The van der Waals surface area contributed by atoms with Gasteiger partial charge in [0.15, 0.2) is 0 Å². The molecule has 0 atom stereocenters. The number of H-pyrrole nitrogens is 1. The van der Waals surface area contributed by atoms with E-state index < -0.39 is 0 Å². The van der Waals surface area contributed by atoms with Crippen LogP contribution in [0.2, 0.25) is 0 Å². The minimum absolute atomic E-state index is 0.717. The summed E-state index contributed by atoms with van der Waals surface area (Å²) in [5, 5.41) is 21.6. The van der Waals surface area contributed by atoms with Gasteiger partial charge in [0, 0.05) is 17.1 Å². The van der Waals surface area contributed by atoms with Gasteiger partial charge in [0.1, 0.15) is 5.52 Å². The zero-order chi connectivity index (χ0) is 20.8. The molecule has 6 aromatic rings. The molecule has 1 N–H and O–H groups in total. The lowest BCUT2D eigenvalue weighted by atomic mass is 10.1. The number of benzene rings is 3. The standard InChI is InChI=1S/C24H19N7/c1-16-11-19(22-9-10-26-30(22)15-17-5-3-2-4-6-17)12-23-24(16)28-29-31(23)20-8-7-18-14-25-27-21(18)13-20/h2-14H,15H2,1H3,(H,25,27). The van der Waals surface area contributed by atoms with Gasteiger partial charge in [0.25, 0.3) is 0 Å². The van der Waals surface area contributed by atoms with Crippen molar-refractivity contribution in [2.24, 2.45) is 0 Å². The van der Waals surface area contributed by atoms with E-state index in [1.807, 2.05) is 52.1 Å². The molecule has 3 heterocycles. The molecule has 0 fully saturated rings. The molecule has 150 valence electrons. The van der Waals surface area contributed by atoms with E-state index >= 15 is 0 Å². The monoisotopic (exact) mass is 405 g/mol. The molecule has 3 aromatic heterocycles. The number of aryl methyl sites for hydroxylation is 1. The Hall–Kier alpha value is -4.26. The molecule has 3 aromatic carbocycles. The number of nitrogens with zero attached hydrogens (tertiary/aromatic N) is 6. The minimum atomic E-state index is 0.717. The van der Waals surface area contributed by atoms with Crippen LogP contribution in [0.4, 0.5) is 0 Å².